The zero-order valence-electron chi connectivity index (χ0n) is 11.7. The minimum atomic E-state index is -0.296. The summed E-state index contributed by atoms with van der Waals surface area (Å²) in [5, 5.41) is 2.93. The Morgan fingerprint density at radius 3 is 2.28 bits per heavy atom. The van der Waals surface area contributed by atoms with Gasteiger partial charge < -0.3 is 14.8 Å². The first-order valence-corrected chi connectivity index (χ1v) is 6.38. The van der Waals surface area contributed by atoms with Gasteiger partial charge in [-0.05, 0) is 18.8 Å². The summed E-state index contributed by atoms with van der Waals surface area (Å²) < 4.78 is 10.9. The van der Waals surface area contributed by atoms with E-state index >= 15 is 0 Å². The second kappa shape index (κ2) is 6.18. The van der Waals surface area contributed by atoms with Crippen molar-refractivity contribution >= 4 is 11.9 Å². The molecule has 0 radical (unpaired) electrons. The number of nitrogens with one attached hydrogen (secondary N) is 1. The van der Waals surface area contributed by atoms with Gasteiger partial charge in [-0.2, -0.15) is 0 Å². The normalized spacial score (nSPS) is 35.9. The zero-order chi connectivity index (χ0) is 13.9. The van der Waals surface area contributed by atoms with Crippen molar-refractivity contribution < 1.29 is 19.1 Å². The molecule has 0 aromatic rings. The summed E-state index contributed by atoms with van der Waals surface area (Å²) in [5.41, 5.74) is 0. The molecule has 0 aromatic carbocycles. The van der Waals surface area contributed by atoms with Crippen molar-refractivity contribution in [2.24, 2.45) is 11.8 Å². The van der Waals surface area contributed by atoms with Crippen LogP contribution in [0, 0.1) is 11.8 Å². The first kappa shape index (κ1) is 15.0. The molecule has 0 spiro atoms. The van der Waals surface area contributed by atoms with Crippen molar-refractivity contribution in [1.82, 2.24) is 5.32 Å². The summed E-state index contributed by atoms with van der Waals surface area (Å²) in [7, 11) is 0. The number of carbonyl (C=O) groups excluding carboxylic acids is 2. The van der Waals surface area contributed by atoms with Crippen LogP contribution in [0.3, 0.4) is 0 Å². The average Bonchev–Trinajstić information content (AvgIpc) is 2.27. The van der Waals surface area contributed by atoms with Gasteiger partial charge in [-0.1, -0.05) is 13.8 Å². The minimum absolute atomic E-state index is 0.00563. The molecule has 1 fully saturated rings. The Kier molecular flexibility index (Phi) is 5.14. The van der Waals surface area contributed by atoms with Crippen LogP contribution in [-0.2, 0) is 19.1 Å². The number of hydrogen-bond acceptors (Lipinski definition) is 4. The molecule has 1 heterocycles. The average molecular weight is 257 g/mol. The van der Waals surface area contributed by atoms with Gasteiger partial charge in [-0.15, -0.1) is 0 Å². The molecular formula is C13H23NO4. The first-order valence-electron chi connectivity index (χ1n) is 6.38. The van der Waals surface area contributed by atoms with Crippen LogP contribution in [0.4, 0.5) is 0 Å². The van der Waals surface area contributed by atoms with Crippen molar-refractivity contribution in [3.05, 3.63) is 0 Å². The summed E-state index contributed by atoms with van der Waals surface area (Å²) in [6.45, 7) is 9.25. The van der Waals surface area contributed by atoms with Gasteiger partial charge in [0.25, 0.3) is 0 Å². The number of carbonyl (C=O) groups is 2. The highest BCUT2D eigenvalue weighted by molar-refractivity contribution is 5.73. The molecule has 5 atom stereocenters. The van der Waals surface area contributed by atoms with E-state index in [9.17, 15) is 9.59 Å². The molecule has 1 rings (SSSR count). The molecule has 0 saturated carbocycles. The highest BCUT2D eigenvalue weighted by Crippen LogP contribution is 2.30. The second-order valence-corrected chi connectivity index (χ2v) is 5.13. The lowest BCUT2D eigenvalue weighted by molar-refractivity contribution is -0.162. The largest absolute Gasteiger partial charge is 0.463 e. The fourth-order valence-corrected chi connectivity index (χ4v) is 2.45. The van der Waals surface area contributed by atoms with Gasteiger partial charge in [0.2, 0.25) is 5.91 Å². The van der Waals surface area contributed by atoms with E-state index in [2.05, 4.69) is 19.2 Å². The Morgan fingerprint density at radius 1 is 1.17 bits per heavy atom. The number of ether oxygens (including phenoxy) is 2. The maximum absolute atomic E-state index is 11.2. The number of hydrogen-bond donors (Lipinski definition) is 1. The molecule has 0 bridgehead atoms. The molecule has 1 amide bonds. The Labute approximate surface area is 108 Å². The standard InChI is InChI=1S/C13H23NO4/c1-7-8(2)13(14-10(4)15)9(3)18-12(7)6-17-11(5)16/h7-9,12-13H,6H2,1-5H3,(H,14,15)/t7-,8-,9-,12?,13?/m0/s1. The summed E-state index contributed by atoms with van der Waals surface area (Å²) in [4.78, 5) is 22.0. The molecule has 1 saturated heterocycles. The molecule has 0 aliphatic carbocycles. The van der Waals surface area contributed by atoms with Crippen LogP contribution in [0.5, 0.6) is 0 Å². The van der Waals surface area contributed by atoms with E-state index in [0.717, 1.165) is 0 Å². The third-order valence-corrected chi connectivity index (χ3v) is 3.70. The lowest BCUT2D eigenvalue weighted by atomic mass is 9.80. The highest BCUT2D eigenvalue weighted by Gasteiger charge is 2.40. The predicted molar refractivity (Wildman–Crippen MR) is 66.9 cm³/mol. The number of amides is 1. The van der Waals surface area contributed by atoms with Gasteiger partial charge in [-0.3, -0.25) is 9.59 Å². The van der Waals surface area contributed by atoms with Crippen molar-refractivity contribution in [3.63, 3.8) is 0 Å². The van der Waals surface area contributed by atoms with Crippen LogP contribution >= 0.6 is 0 Å². The number of rotatable bonds is 3. The molecule has 1 aliphatic heterocycles. The monoisotopic (exact) mass is 257 g/mol. The summed E-state index contributed by atoms with van der Waals surface area (Å²) in [5.74, 6) is 0.152. The lowest BCUT2D eigenvalue weighted by Crippen LogP contribution is -2.56. The second-order valence-electron chi connectivity index (χ2n) is 5.13. The molecule has 2 unspecified atom stereocenters. The highest BCUT2D eigenvalue weighted by atomic mass is 16.6. The SMILES string of the molecule is CC(=O)NC1[C@H](C)OC(COC(C)=O)[C@@H](C)[C@@H]1C. The van der Waals surface area contributed by atoms with Crippen molar-refractivity contribution in [2.45, 2.75) is 52.9 Å². The van der Waals surface area contributed by atoms with Gasteiger partial charge in [0.05, 0.1) is 18.2 Å². The van der Waals surface area contributed by atoms with Gasteiger partial charge in [0.1, 0.15) is 6.61 Å². The van der Waals surface area contributed by atoms with Crippen LogP contribution in [-0.4, -0.2) is 36.7 Å². The Balaban J connectivity index is 2.64. The Morgan fingerprint density at radius 2 is 1.78 bits per heavy atom. The van der Waals surface area contributed by atoms with Crippen LogP contribution in [0.15, 0.2) is 0 Å². The van der Waals surface area contributed by atoms with E-state index in [1.165, 1.54) is 13.8 Å². The van der Waals surface area contributed by atoms with Crippen LogP contribution in [0.1, 0.15) is 34.6 Å². The fraction of sp³-hybridized carbons (Fsp3) is 0.846. The molecule has 18 heavy (non-hydrogen) atoms. The molecule has 104 valence electrons. The van der Waals surface area contributed by atoms with E-state index in [4.69, 9.17) is 9.47 Å². The maximum Gasteiger partial charge on any atom is 0.302 e. The quantitative estimate of drug-likeness (QED) is 0.769. The van der Waals surface area contributed by atoms with Crippen molar-refractivity contribution in [3.8, 4) is 0 Å². The molecule has 1 aliphatic rings. The fourth-order valence-electron chi connectivity index (χ4n) is 2.45. The lowest BCUT2D eigenvalue weighted by Gasteiger charge is -2.43. The van der Waals surface area contributed by atoms with Crippen LogP contribution in [0.25, 0.3) is 0 Å². The van der Waals surface area contributed by atoms with E-state index < -0.39 is 0 Å². The van der Waals surface area contributed by atoms with E-state index in [1.54, 1.807) is 0 Å². The van der Waals surface area contributed by atoms with E-state index in [-0.39, 0.29) is 48.6 Å². The van der Waals surface area contributed by atoms with Gasteiger partial charge in [0, 0.05) is 13.8 Å². The molecule has 1 N–H and O–H groups in total. The topological polar surface area (TPSA) is 64.6 Å². The minimum Gasteiger partial charge on any atom is -0.463 e. The predicted octanol–water partition coefficient (Wildman–Crippen LogP) is 1.11. The summed E-state index contributed by atoms with van der Waals surface area (Å²) in [6, 6.07) is 0.00563. The third kappa shape index (κ3) is 3.70. The molecule has 5 heteroatoms. The summed E-state index contributed by atoms with van der Waals surface area (Å²) in [6.07, 6.45) is -0.190. The smallest absolute Gasteiger partial charge is 0.302 e. The summed E-state index contributed by atoms with van der Waals surface area (Å²) >= 11 is 0. The van der Waals surface area contributed by atoms with Crippen LogP contribution < -0.4 is 5.32 Å². The van der Waals surface area contributed by atoms with Gasteiger partial charge in [0.15, 0.2) is 0 Å². The maximum atomic E-state index is 11.2. The molecule has 0 aromatic heterocycles. The van der Waals surface area contributed by atoms with Crippen molar-refractivity contribution in [2.75, 3.05) is 6.61 Å². The Bertz CT molecular complexity index is 316. The number of esters is 1. The molecule has 5 nitrogen and oxygen atoms in total. The first-order chi connectivity index (χ1) is 8.32. The van der Waals surface area contributed by atoms with E-state index in [0.29, 0.717) is 0 Å². The van der Waals surface area contributed by atoms with Gasteiger partial charge >= 0.3 is 5.97 Å². The molecular weight excluding hydrogens is 234 g/mol. The van der Waals surface area contributed by atoms with Crippen LogP contribution in [0.2, 0.25) is 0 Å². The zero-order valence-corrected chi connectivity index (χ0v) is 11.7. The van der Waals surface area contributed by atoms with Crippen molar-refractivity contribution in [1.29, 1.82) is 0 Å². The van der Waals surface area contributed by atoms with E-state index in [1.807, 2.05) is 6.92 Å². The Hall–Kier alpha value is -1.10. The van der Waals surface area contributed by atoms with Gasteiger partial charge in [-0.25, -0.2) is 0 Å². The third-order valence-electron chi connectivity index (χ3n) is 3.70.